The van der Waals surface area contributed by atoms with Crippen LogP contribution in [0.2, 0.25) is 0 Å². The molecule has 1 heterocycles. The van der Waals surface area contributed by atoms with Gasteiger partial charge in [0.25, 0.3) is 0 Å². The summed E-state index contributed by atoms with van der Waals surface area (Å²) in [6, 6.07) is 4.06. The lowest BCUT2D eigenvalue weighted by molar-refractivity contribution is 0.282. The molecule has 0 unspecified atom stereocenters. The molecule has 13 heavy (non-hydrogen) atoms. The Hall–Kier alpha value is -0.380. The van der Waals surface area contributed by atoms with Crippen LogP contribution >= 0.6 is 27.3 Å². The third-order valence-corrected chi connectivity index (χ3v) is 4.14. The van der Waals surface area contributed by atoms with E-state index in [0.29, 0.717) is 0 Å². The zero-order valence-corrected chi connectivity index (χ0v) is 9.58. The predicted octanol–water partition coefficient (Wildman–Crippen LogP) is 3.46. The number of aliphatic hydroxyl groups excluding tert-OH is 1. The molecular weight excluding hydrogens is 248 g/mol. The van der Waals surface area contributed by atoms with Gasteiger partial charge in [0, 0.05) is 19.9 Å². The van der Waals surface area contributed by atoms with Crippen LogP contribution in [0.25, 0.3) is 10.1 Å². The molecular formula is C10H9BrOS. The summed E-state index contributed by atoms with van der Waals surface area (Å²) in [5.74, 6) is 0. The molecule has 0 aliphatic carbocycles. The summed E-state index contributed by atoms with van der Waals surface area (Å²) in [4.78, 5) is 0. The Morgan fingerprint density at radius 3 is 2.92 bits per heavy atom. The number of thiophene rings is 1. The van der Waals surface area contributed by atoms with E-state index in [1.165, 1.54) is 15.6 Å². The molecule has 1 aromatic heterocycles. The van der Waals surface area contributed by atoms with Gasteiger partial charge < -0.3 is 5.11 Å². The van der Waals surface area contributed by atoms with Crippen molar-refractivity contribution in [2.75, 3.05) is 0 Å². The second-order valence-electron chi connectivity index (χ2n) is 3.03. The van der Waals surface area contributed by atoms with Gasteiger partial charge in [-0.15, -0.1) is 11.3 Å². The first-order valence-corrected chi connectivity index (χ1v) is 5.66. The van der Waals surface area contributed by atoms with Gasteiger partial charge in [0.2, 0.25) is 0 Å². The number of fused-ring (bicyclic) bond motifs is 1. The molecule has 0 saturated carbocycles. The van der Waals surface area contributed by atoms with Crippen LogP contribution in [0.3, 0.4) is 0 Å². The molecule has 0 aliphatic heterocycles. The van der Waals surface area contributed by atoms with Crippen molar-refractivity contribution in [3.63, 3.8) is 0 Å². The minimum absolute atomic E-state index is 0.110. The van der Waals surface area contributed by atoms with E-state index < -0.39 is 0 Å². The van der Waals surface area contributed by atoms with E-state index in [1.807, 2.05) is 12.1 Å². The minimum atomic E-state index is 0.110. The Balaban J connectivity index is 2.80. The van der Waals surface area contributed by atoms with E-state index in [-0.39, 0.29) is 6.61 Å². The number of aryl methyl sites for hydroxylation is 1. The first-order chi connectivity index (χ1) is 6.22. The smallest absolute Gasteiger partial charge is 0.0682 e. The molecule has 0 atom stereocenters. The molecule has 0 fully saturated rings. The number of hydrogen-bond acceptors (Lipinski definition) is 2. The number of hydrogen-bond donors (Lipinski definition) is 1. The SMILES string of the molecule is Cc1cc(CO)cc2c(Br)csc12. The maximum absolute atomic E-state index is 9.04. The van der Waals surface area contributed by atoms with Gasteiger partial charge in [-0.05, 0) is 40.0 Å². The van der Waals surface area contributed by atoms with Crippen molar-refractivity contribution in [2.45, 2.75) is 13.5 Å². The third kappa shape index (κ3) is 1.52. The summed E-state index contributed by atoms with van der Waals surface area (Å²) < 4.78 is 2.41. The number of rotatable bonds is 1. The van der Waals surface area contributed by atoms with Crippen LogP contribution in [0.4, 0.5) is 0 Å². The van der Waals surface area contributed by atoms with E-state index in [0.717, 1.165) is 10.0 Å². The van der Waals surface area contributed by atoms with E-state index in [2.05, 4.69) is 28.2 Å². The van der Waals surface area contributed by atoms with Crippen molar-refractivity contribution in [2.24, 2.45) is 0 Å². The highest BCUT2D eigenvalue weighted by atomic mass is 79.9. The minimum Gasteiger partial charge on any atom is -0.392 e. The standard InChI is InChI=1S/C10H9BrOS/c1-6-2-7(4-12)3-8-9(11)5-13-10(6)8/h2-3,5,12H,4H2,1H3. The lowest BCUT2D eigenvalue weighted by Gasteiger charge is -2.00. The second-order valence-corrected chi connectivity index (χ2v) is 4.77. The molecule has 2 rings (SSSR count). The molecule has 2 aromatic rings. The average molecular weight is 257 g/mol. The van der Waals surface area contributed by atoms with Gasteiger partial charge in [-0.25, -0.2) is 0 Å². The van der Waals surface area contributed by atoms with Gasteiger partial charge in [0.15, 0.2) is 0 Å². The van der Waals surface area contributed by atoms with E-state index in [1.54, 1.807) is 11.3 Å². The summed E-state index contributed by atoms with van der Waals surface area (Å²) in [7, 11) is 0. The summed E-state index contributed by atoms with van der Waals surface area (Å²) in [5, 5.41) is 12.3. The third-order valence-electron chi connectivity index (χ3n) is 2.05. The molecule has 1 nitrogen and oxygen atoms in total. The second kappa shape index (κ2) is 3.40. The van der Waals surface area contributed by atoms with Crippen LogP contribution in [-0.2, 0) is 6.61 Å². The highest BCUT2D eigenvalue weighted by Gasteiger charge is 2.05. The number of benzene rings is 1. The van der Waals surface area contributed by atoms with Gasteiger partial charge in [-0.3, -0.25) is 0 Å². The van der Waals surface area contributed by atoms with Gasteiger partial charge in [-0.1, -0.05) is 6.07 Å². The van der Waals surface area contributed by atoms with E-state index in [9.17, 15) is 0 Å². The first-order valence-electron chi connectivity index (χ1n) is 3.99. The Morgan fingerprint density at radius 2 is 2.23 bits per heavy atom. The molecule has 0 saturated heterocycles. The van der Waals surface area contributed by atoms with Gasteiger partial charge in [0.05, 0.1) is 6.61 Å². The Labute approximate surface area is 89.1 Å². The Bertz CT molecular complexity index is 447. The molecule has 1 N–H and O–H groups in total. The average Bonchev–Trinajstić information content (AvgIpc) is 2.48. The number of halogens is 1. The van der Waals surface area contributed by atoms with Crippen molar-refractivity contribution < 1.29 is 5.11 Å². The highest BCUT2D eigenvalue weighted by Crippen LogP contribution is 2.33. The molecule has 1 aromatic carbocycles. The van der Waals surface area contributed by atoms with Crippen LogP contribution in [0, 0.1) is 6.92 Å². The lowest BCUT2D eigenvalue weighted by atomic mass is 10.1. The van der Waals surface area contributed by atoms with Crippen LogP contribution in [0.1, 0.15) is 11.1 Å². The van der Waals surface area contributed by atoms with Crippen LogP contribution < -0.4 is 0 Å². The zero-order valence-electron chi connectivity index (χ0n) is 7.17. The van der Waals surface area contributed by atoms with Crippen molar-refractivity contribution >= 4 is 37.4 Å². The van der Waals surface area contributed by atoms with E-state index in [4.69, 9.17) is 5.11 Å². The molecule has 0 bridgehead atoms. The monoisotopic (exact) mass is 256 g/mol. The highest BCUT2D eigenvalue weighted by molar-refractivity contribution is 9.10. The molecule has 0 aliphatic rings. The zero-order chi connectivity index (χ0) is 9.42. The van der Waals surface area contributed by atoms with Crippen molar-refractivity contribution in [1.82, 2.24) is 0 Å². The maximum Gasteiger partial charge on any atom is 0.0682 e. The summed E-state index contributed by atoms with van der Waals surface area (Å²) in [5.41, 5.74) is 2.21. The summed E-state index contributed by atoms with van der Waals surface area (Å²) in [6.45, 7) is 2.18. The normalized spacial score (nSPS) is 11.0. The lowest BCUT2D eigenvalue weighted by Crippen LogP contribution is -1.84. The maximum atomic E-state index is 9.04. The summed E-state index contributed by atoms with van der Waals surface area (Å²) in [6.07, 6.45) is 0. The molecule has 0 spiro atoms. The van der Waals surface area contributed by atoms with Gasteiger partial charge in [-0.2, -0.15) is 0 Å². The molecule has 0 amide bonds. The number of aliphatic hydroxyl groups is 1. The Kier molecular flexibility index (Phi) is 2.41. The van der Waals surface area contributed by atoms with Crippen LogP contribution in [0.15, 0.2) is 22.0 Å². The quantitative estimate of drug-likeness (QED) is 0.829. The van der Waals surface area contributed by atoms with Crippen LogP contribution in [-0.4, -0.2) is 5.11 Å². The van der Waals surface area contributed by atoms with Crippen molar-refractivity contribution in [3.8, 4) is 0 Å². The topological polar surface area (TPSA) is 20.2 Å². The Morgan fingerprint density at radius 1 is 1.46 bits per heavy atom. The van der Waals surface area contributed by atoms with Crippen LogP contribution in [0.5, 0.6) is 0 Å². The first kappa shape index (κ1) is 9.19. The fourth-order valence-corrected chi connectivity index (χ4v) is 3.06. The molecule has 0 radical (unpaired) electrons. The van der Waals surface area contributed by atoms with Crippen molar-refractivity contribution in [3.05, 3.63) is 33.1 Å². The summed E-state index contributed by atoms with van der Waals surface area (Å²) >= 11 is 5.22. The fourth-order valence-electron chi connectivity index (χ4n) is 1.45. The fraction of sp³-hybridized carbons (Fsp3) is 0.200. The molecule has 3 heteroatoms. The molecule has 68 valence electrons. The largest absolute Gasteiger partial charge is 0.392 e. The predicted molar refractivity (Wildman–Crippen MR) is 60.2 cm³/mol. The van der Waals surface area contributed by atoms with Gasteiger partial charge >= 0.3 is 0 Å². The van der Waals surface area contributed by atoms with Gasteiger partial charge in [0.1, 0.15) is 0 Å². The van der Waals surface area contributed by atoms with Crippen molar-refractivity contribution in [1.29, 1.82) is 0 Å². The van der Waals surface area contributed by atoms with E-state index >= 15 is 0 Å².